The van der Waals surface area contributed by atoms with Crippen LogP contribution in [-0.4, -0.2) is 32.9 Å². The van der Waals surface area contributed by atoms with E-state index in [2.05, 4.69) is 22.0 Å². The van der Waals surface area contributed by atoms with Crippen LogP contribution >= 0.6 is 11.8 Å². The number of anilines is 1. The lowest BCUT2D eigenvalue weighted by Crippen LogP contribution is -2.33. The monoisotopic (exact) mass is 468 g/mol. The number of alkyl halides is 7. The van der Waals surface area contributed by atoms with Crippen LogP contribution in [0.25, 0.3) is 5.70 Å². The van der Waals surface area contributed by atoms with Crippen LogP contribution < -0.4 is 5.32 Å². The van der Waals surface area contributed by atoms with Gasteiger partial charge in [-0.3, -0.25) is 4.68 Å². The number of hydrogen-bond donors (Lipinski definition) is 1. The number of aromatic nitrogens is 3. The fourth-order valence-electron chi connectivity index (χ4n) is 3.66. The Bertz CT molecular complexity index is 968. The van der Waals surface area contributed by atoms with Crippen LogP contribution in [0.3, 0.4) is 0 Å². The van der Waals surface area contributed by atoms with E-state index >= 15 is 0 Å². The molecule has 1 saturated carbocycles. The first-order valence-corrected chi connectivity index (χ1v) is 10.3. The van der Waals surface area contributed by atoms with Crippen molar-refractivity contribution in [1.29, 1.82) is 0 Å². The van der Waals surface area contributed by atoms with Gasteiger partial charge in [-0.05, 0) is 31.2 Å². The molecule has 4 nitrogen and oxygen atoms in total. The molecule has 12 heteroatoms. The van der Waals surface area contributed by atoms with Crippen LogP contribution in [0.4, 0.5) is 36.4 Å². The van der Waals surface area contributed by atoms with Gasteiger partial charge in [0.05, 0.1) is 22.1 Å². The van der Waals surface area contributed by atoms with Gasteiger partial charge in [-0.2, -0.15) is 35.8 Å². The molecule has 1 aliphatic carbocycles. The van der Waals surface area contributed by atoms with Crippen molar-refractivity contribution in [3.05, 3.63) is 41.9 Å². The lowest BCUT2D eigenvalue weighted by molar-refractivity contribution is -0.185. The second kappa shape index (κ2) is 8.03. The molecule has 0 saturated heterocycles. The quantitative estimate of drug-likeness (QED) is 0.412. The average Bonchev–Trinajstić information content (AvgIpc) is 3.06. The lowest BCUT2D eigenvalue weighted by atomic mass is 10.1. The van der Waals surface area contributed by atoms with Crippen molar-refractivity contribution in [3.63, 3.8) is 0 Å². The molecule has 0 aromatic carbocycles. The number of rotatable bonds is 6. The summed E-state index contributed by atoms with van der Waals surface area (Å²) in [5.41, 5.74) is -1.77. The van der Waals surface area contributed by atoms with Gasteiger partial charge in [-0.25, -0.2) is 4.98 Å². The van der Waals surface area contributed by atoms with E-state index in [-0.39, 0.29) is 5.70 Å². The highest BCUT2D eigenvalue weighted by molar-refractivity contribution is 7.98. The number of halogens is 7. The molecule has 31 heavy (non-hydrogen) atoms. The molecule has 170 valence electrons. The molecular weight excluding hydrogens is 449 g/mol. The maximum absolute atomic E-state index is 13.7. The normalized spacial score (nSPS) is 18.4. The standard InChI is InChI=1S/C19H19F7N4S/c1-10-15(19(24,25)26)16(11(2)28-13-4-5-27-14(6-13)31-3)30(29-10)9-12-7-17(20,21)18(22,23)8-12/h4-6,12H,2,7-9H2,1,3H3,(H,27,28). The van der Waals surface area contributed by atoms with E-state index in [1.54, 1.807) is 12.3 Å². The Morgan fingerprint density at radius 2 is 1.87 bits per heavy atom. The minimum atomic E-state index is -4.81. The van der Waals surface area contributed by atoms with Crippen LogP contribution in [-0.2, 0) is 12.7 Å². The Morgan fingerprint density at radius 3 is 2.42 bits per heavy atom. The van der Waals surface area contributed by atoms with Crippen molar-refractivity contribution in [3.8, 4) is 0 Å². The summed E-state index contributed by atoms with van der Waals surface area (Å²) in [4.78, 5) is 4.07. The number of hydrogen-bond acceptors (Lipinski definition) is 4. The zero-order chi connectivity index (χ0) is 23.2. The number of aryl methyl sites for hydroxylation is 1. The van der Waals surface area contributed by atoms with Crippen LogP contribution in [0.2, 0.25) is 0 Å². The first-order chi connectivity index (χ1) is 14.2. The van der Waals surface area contributed by atoms with Crippen LogP contribution in [0, 0.1) is 12.8 Å². The summed E-state index contributed by atoms with van der Waals surface area (Å²) in [6.07, 6.45) is -3.86. The SMILES string of the molecule is C=C(Nc1ccnc(SC)c1)c1c(C(F)(F)F)c(C)nn1CC1CC(F)(F)C(F)(F)C1. The van der Waals surface area contributed by atoms with E-state index in [1.807, 2.05) is 0 Å². The predicted molar refractivity (Wildman–Crippen MR) is 103 cm³/mol. The van der Waals surface area contributed by atoms with Crippen molar-refractivity contribution < 1.29 is 30.7 Å². The Labute approximate surface area is 177 Å². The minimum Gasteiger partial charge on any atom is -0.354 e. The van der Waals surface area contributed by atoms with Crippen molar-refractivity contribution in [2.24, 2.45) is 5.92 Å². The molecule has 2 heterocycles. The summed E-state index contributed by atoms with van der Waals surface area (Å²) in [7, 11) is 0. The van der Waals surface area contributed by atoms with E-state index in [4.69, 9.17) is 0 Å². The Hall–Kier alpha value is -2.24. The smallest absolute Gasteiger partial charge is 0.354 e. The Balaban J connectivity index is 1.97. The molecule has 0 bridgehead atoms. The third kappa shape index (κ3) is 4.68. The van der Waals surface area contributed by atoms with E-state index in [1.165, 1.54) is 24.0 Å². The van der Waals surface area contributed by atoms with Gasteiger partial charge in [0.25, 0.3) is 0 Å². The van der Waals surface area contributed by atoms with Crippen molar-refractivity contribution in [1.82, 2.24) is 14.8 Å². The summed E-state index contributed by atoms with van der Waals surface area (Å²) >= 11 is 1.32. The molecule has 1 N–H and O–H groups in total. The van der Waals surface area contributed by atoms with Gasteiger partial charge in [0.1, 0.15) is 5.56 Å². The average molecular weight is 468 g/mol. The summed E-state index contributed by atoms with van der Waals surface area (Å²) in [6, 6.07) is 3.11. The molecule has 0 spiro atoms. The van der Waals surface area contributed by atoms with Gasteiger partial charge in [-0.1, -0.05) is 6.58 Å². The van der Waals surface area contributed by atoms with Crippen molar-refractivity contribution in [2.75, 3.05) is 11.6 Å². The third-order valence-corrected chi connectivity index (χ3v) is 5.63. The molecule has 2 aromatic rings. The second-order valence-corrected chi connectivity index (χ2v) is 8.19. The summed E-state index contributed by atoms with van der Waals surface area (Å²) in [5, 5.41) is 7.18. The molecule has 0 unspecified atom stereocenters. The van der Waals surface area contributed by atoms with Crippen LogP contribution in [0.5, 0.6) is 0 Å². The van der Waals surface area contributed by atoms with Gasteiger partial charge in [-0.15, -0.1) is 11.8 Å². The third-order valence-electron chi connectivity index (χ3n) is 4.99. The highest BCUT2D eigenvalue weighted by Crippen LogP contribution is 2.51. The van der Waals surface area contributed by atoms with Crippen LogP contribution in [0.15, 0.2) is 29.9 Å². The molecule has 2 aromatic heterocycles. The van der Waals surface area contributed by atoms with E-state index in [9.17, 15) is 30.7 Å². The van der Waals surface area contributed by atoms with E-state index < -0.39 is 60.3 Å². The summed E-state index contributed by atoms with van der Waals surface area (Å²) in [6.45, 7) is 4.25. The predicted octanol–water partition coefficient (Wildman–Crippen LogP) is 6.09. The molecule has 1 fully saturated rings. The first kappa shape index (κ1) is 23.4. The summed E-state index contributed by atoms with van der Waals surface area (Å²) < 4.78 is 96.3. The second-order valence-electron chi connectivity index (χ2n) is 7.36. The van der Waals surface area contributed by atoms with Crippen LogP contribution in [0.1, 0.15) is 29.8 Å². The van der Waals surface area contributed by atoms with Gasteiger partial charge < -0.3 is 5.32 Å². The maximum Gasteiger partial charge on any atom is 0.420 e. The Kier molecular flexibility index (Phi) is 6.07. The highest BCUT2D eigenvalue weighted by atomic mass is 32.2. The molecular formula is C19H19F7N4S. The summed E-state index contributed by atoms with van der Waals surface area (Å²) in [5.74, 6) is -9.68. The van der Waals surface area contributed by atoms with Gasteiger partial charge >= 0.3 is 18.0 Å². The zero-order valence-corrected chi connectivity index (χ0v) is 17.3. The van der Waals surface area contributed by atoms with Gasteiger partial charge in [0.2, 0.25) is 0 Å². The number of thioether (sulfide) groups is 1. The van der Waals surface area contributed by atoms with Gasteiger partial charge in [0, 0.05) is 31.3 Å². The Morgan fingerprint density at radius 1 is 1.26 bits per heavy atom. The number of pyridine rings is 1. The molecule has 0 aliphatic heterocycles. The topological polar surface area (TPSA) is 42.7 Å². The van der Waals surface area contributed by atoms with Gasteiger partial charge in [0.15, 0.2) is 0 Å². The van der Waals surface area contributed by atoms with Crippen molar-refractivity contribution in [2.45, 2.75) is 49.4 Å². The molecule has 3 rings (SSSR count). The zero-order valence-electron chi connectivity index (χ0n) is 16.5. The molecule has 0 radical (unpaired) electrons. The number of nitrogens with one attached hydrogen (secondary N) is 1. The first-order valence-electron chi connectivity index (χ1n) is 9.12. The fourth-order valence-corrected chi connectivity index (χ4v) is 4.07. The van der Waals surface area contributed by atoms with E-state index in [0.29, 0.717) is 10.7 Å². The van der Waals surface area contributed by atoms with E-state index in [0.717, 1.165) is 11.6 Å². The molecule has 0 atom stereocenters. The largest absolute Gasteiger partial charge is 0.420 e. The fraction of sp³-hybridized carbons (Fsp3) is 0.474. The maximum atomic E-state index is 13.7. The highest BCUT2D eigenvalue weighted by Gasteiger charge is 2.63. The lowest BCUT2D eigenvalue weighted by Gasteiger charge is -2.17. The van der Waals surface area contributed by atoms with Crippen molar-refractivity contribution >= 4 is 23.1 Å². The molecule has 0 amide bonds. The molecule has 1 aliphatic rings. The minimum absolute atomic E-state index is 0.192. The number of nitrogens with zero attached hydrogens (tertiary/aromatic N) is 3.